The molecule has 1 fully saturated rings. The largest absolute Gasteiger partial charge is 0.416 e. The number of hydrogen-bond acceptors (Lipinski definition) is 4. The maximum atomic E-state index is 13.0. The van der Waals surface area contributed by atoms with E-state index in [1.54, 1.807) is 24.4 Å². The Balaban J connectivity index is 1.24. The van der Waals surface area contributed by atoms with Gasteiger partial charge in [-0.15, -0.1) is 0 Å². The van der Waals surface area contributed by atoms with E-state index in [4.69, 9.17) is 0 Å². The predicted octanol–water partition coefficient (Wildman–Crippen LogP) is 6.65. The molecule has 2 heterocycles. The van der Waals surface area contributed by atoms with Gasteiger partial charge in [-0.3, -0.25) is 4.79 Å². The molecule has 0 spiro atoms. The highest BCUT2D eigenvalue weighted by Crippen LogP contribution is 2.33. The Labute approximate surface area is 219 Å². The van der Waals surface area contributed by atoms with E-state index < -0.39 is 11.7 Å². The third-order valence-electron chi connectivity index (χ3n) is 6.84. The SMILES string of the molecule is Cc1c(NC(=O)c2ccc(N3CCN(c4ccccc4)CC3)nc2)cccc1-c1ccc(C(F)(F)F)cc1. The summed E-state index contributed by atoms with van der Waals surface area (Å²) in [5.41, 5.74) is 3.69. The van der Waals surface area contributed by atoms with Crippen LogP contribution >= 0.6 is 0 Å². The Morgan fingerprint density at radius 2 is 1.50 bits per heavy atom. The van der Waals surface area contributed by atoms with Crippen molar-refractivity contribution >= 4 is 23.1 Å². The van der Waals surface area contributed by atoms with Crippen molar-refractivity contribution in [2.45, 2.75) is 13.1 Å². The van der Waals surface area contributed by atoms with Crippen LogP contribution in [0.25, 0.3) is 11.1 Å². The van der Waals surface area contributed by atoms with E-state index in [2.05, 4.69) is 32.2 Å². The Bertz CT molecular complexity index is 1400. The van der Waals surface area contributed by atoms with Gasteiger partial charge in [-0.05, 0) is 66.1 Å². The highest BCUT2D eigenvalue weighted by molar-refractivity contribution is 6.05. The van der Waals surface area contributed by atoms with Gasteiger partial charge >= 0.3 is 6.18 Å². The highest BCUT2D eigenvalue weighted by Gasteiger charge is 2.30. The molecule has 1 amide bonds. The lowest BCUT2D eigenvalue weighted by Gasteiger charge is -2.36. The van der Waals surface area contributed by atoms with Crippen LogP contribution in [0.3, 0.4) is 0 Å². The fourth-order valence-corrected chi connectivity index (χ4v) is 4.66. The van der Waals surface area contributed by atoms with Gasteiger partial charge < -0.3 is 15.1 Å². The molecule has 0 radical (unpaired) electrons. The molecule has 38 heavy (non-hydrogen) atoms. The van der Waals surface area contributed by atoms with Crippen molar-refractivity contribution in [2.24, 2.45) is 0 Å². The molecule has 1 saturated heterocycles. The summed E-state index contributed by atoms with van der Waals surface area (Å²) in [6.45, 7) is 5.29. The average Bonchev–Trinajstić information content (AvgIpc) is 2.94. The molecule has 0 unspecified atom stereocenters. The van der Waals surface area contributed by atoms with Crippen molar-refractivity contribution in [3.63, 3.8) is 0 Å². The van der Waals surface area contributed by atoms with Crippen molar-refractivity contribution in [2.75, 3.05) is 41.3 Å². The normalized spacial score (nSPS) is 13.9. The van der Waals surface area contributed by atoms with Crippen molar-refractivity contribution < 1.29 is 18.0 Å². The standard InChI is InChI=1S/C30H27F3N4O/c1-21-26(22-10-13-24(14-11-22)30(31,32)33)8-5-9-27(21)35-29(38)23-12-15-28(34-20-23)37-18-16-36(17-19-37)25-6-3-2-4-7-25/h2-15,20H,16-19H2,1H3,(H,35,38). The minimum atomic E-state index is -4.39. The lowest BCUT2D eigenvalue weighted by atomic mass is 9.98. The second kappa shape index (κ2) is 10.6. The molecule has 1 N–H and O–H groups in total. The average molecular weight is 517 g/mol. The smallest absolute Gasteiger partial charge is 0.368 e. The minimum absolute atomic E-state index is 0.300. The van der Waals surface area contributed by atoms with Gasteiger partial charge in [-0.1, -0.05) is 42.5 Å². The fourth-order valence-electron chi connectivity index (χ4n) is 4.66. The third kappa shape index (κ3) is 5.49. The molecule has 5 nitrogen and oxygen atoms in total. The van der Waals surface area contributed by atoms with Crippen LogP contribution in [0.2, 0.25) is 0 Å². The molecule has 3 aromatic carbocycles. The first-order valence-corrected chi connectivity index (χ1v) is 12.4. The van der Waals surface area contributed by atoms with Crippen LogP contribution in [0.15, 0.2) is 91.1 Å². The van der Waals surface area contributed by atoms with E-state index in [0.29, 0.717) is 16.8 Å². The van der Waals surface area contributed by atoms with Crippen LogP contribution in [-0.2, 0) is 6.18 Å². The second-order valence-electron chi connectivity index (χ2n) is 9.22. The van der Waals surface area contributed by atoms with Crippen LogP contribution in [0.5, 0.6) is 0 Å². The van der Waals surface area contributed by atoms with E-state index in [1.807, 2.05) is 37.3 Å². The van der Waals surface area contributed by atoms with Crippen LogP contribution in [0, 0.1) is 6.92 Å². The molecular weight excluding hydrogens is 489 g/mol. The number of alkyl halides is 3. The lowest BCUT2D eigenvalue weighted by Crippen LogP contribution is -2.46. The molecule has 5 rings (SSSR count). The van der Waals surface area contributed by atoms with Gasteiger partial charge in [0.05, 0.1) is 11.1 Å². The molecule has 0 bridgehead atoms. The number of piperazine rings is 1. The van der Waals surface area contributed by atoms with E-state index in [-0.39, 0.29) is 5.91 Å². The zero-order valence-corrected chi connectivity index (χ0v) is 20.9. The number of amides is 1. The highest BCUT2D eigenvalue weighted by atomic mass is 19.4. The lowest BCUT2D eigenvalue weighted by molar-refractivity contribution is -0.137. The number of carbonyl (C=O) groups excluding carboxylic acids is 1. The summed E-state index contributed by atoms with van der Waals surface area (Å²) in [7, 11) is 0. The molecule has 1 aliphatic rings. The molecular formula is C30H27F3N4O. The van der Waals surface area contributed by atoms with Gasteiger partial charge in [0, 0.05) is 43.8 Å². The maximum Gasteiger partial charge on any atom is 0.416 e. The van der Waals surface area contributed by atoms with Gasteiger partial charge in [0.1, 0.15) is 5.82 Å². The van der Waals surface area contributed by atoms with Gasteiger partial charge in [0.2, 0.25) is 0 Å². The van der Waals surface area contributed by atoms with Gasteiger partial charge in [0.15, 0.2) is 0 Å². The third-order valence-corrected chi connectivity index (χ3v) is 6.84. The first kappa shape index (κ1) is 25.3. The first-order valence-electron chi connectivity index (χ1n) is 12.4. The summed E-state index contributed by atoms with van der Waals surface area (Å²) in [6.07, 6.45) is -2.81. The summed E-state index contributed by atoms with van der Waals surface area (Å²) >= 11 is 0. The summed E-state index contributed by atoms with van der Waals surface area (Å²) < 4.78 is 38.8. The first-order chi connectivity index (χ1) is 18.3. The van der Waals surface area contributed by atoms with Gasteiger partial charge in [-0.25, -0.2) is 4.98 Å². The number of pyridine rings is 1. The number of benzene rings is 3. The quantitative estimate of drug-likeness (QED) is 0.323. The number of hydrogen-bond donors (Lipinski definition) is 1. The predicted molar refractivity (Wildman–Crippen MR) is 145 cm³/mol. The van der Waals surface area contributed by atoms with Gasteiger partial charge in [-0.2, -0.15) is 13.2 Å². The number of para-hydroxylation sites is 1. The molecule has 0 aliphatic carbocycles. The van der Waals surface area contributed by atoms with Crippen LogP contribution in [0.1, 0.15) is 21.5 Å². The van der Waals surface area contributed by atoms with Crippen LogP contribution in [0.4, 0.5) is 30.4 Å². The number of nitrogens with zero attached hydrogens (tertiary/aromatic N) is 3. The molecule has 8 heteroatoms. The van der Waals surface area contributed by atoms with Crippen molar-refractivity contribution in [3.8, 4) is 11.1 Å². The number of nitrogens with one attached hydrogen (secondary N) is 1. The Morgan fingerprint density at radius 1 is 0.816 bits per heavy atom. The minimum Gasteiger partial charge on any atom is -0.368 e. The number of rotatable bonds is 5. The Kier molecular flexibility index (Phi) is 7.05. The molecule has 0 atom stereocenters. The molecule has 1 aromatic heterocycles. The topological polar surface area (TPSA) is 48.5 Å². The van der Waals surface area contributed by atoms with Crippen LogP contribution in [-0.4, -0.2) is 37.1 Å². The van der Waals surface area contributed by atoms with E-state index in [1.165, 1.54) is 17.8 Å². The Hall–Kier alpha value is -4.33. The van der Waals surface area contributed by atoms with E-state index >= 15 is 0 Å². The fraction of sp³-hybridized carbons (Fsp3) is 0.200. The van der Waals surface area contributed by atoms with E-state index in [9.17, 15) is 18.0 Å². The number of aromatic nitrogens is 1. The summed E-state index contributed by atoms with van der Waals surface area (Å²) in [4.78, 5) is 22.0. The van der Waals surface area contributed by atoms with Crippen molar-refractivity contribution in [1.29, 1.82) is 0 Å². The van der Waals surface area contributed by atoms with E-state index in [0.717, 1.165) is 55.3 Å². The van der Waals surface area contributed by atoms with Crippen molar-refractivity contribution in [1.82, 2.24) is 4.98 Å². The number of anilines is 3. The summed E-state index contributed by atoms with van der Waals surface area (Å²) in [6, 6.07) is 24.3. The van der Waals surface area contributed by atoms with Crippen molar-refractivity contribution in [3.05, 3.63) is 108 Å². The monoisotopic (exact) mass is 516 g/mol. The molecule has 0 saturated carbocycles. The van der Waals surface area contributed by atoms with Crippen LogP contribution < -0.4 is 15.1 Å². The molecule has 194 valence electrons. The zero-order valence-electron chi connectivity index (χ0n) is 20.9. The Morgan fingerprint density at radius 3 is 2.13 bits per heavy atom. The summed E-state index contributed by atoms with van der Waals surface area (Å²) in [5.74, 6) is 0.528. The zero-order chi connectivity index (χ0) is 26.7. The summed E-state index contributed by atoms with van der Waals surface area (Å²) in [5, 5.41) is 2.92. The number of carbonyl (C=O) groups is 1. The maximum absolute atomic E-state index is 13.0. The second-order valence-corrected chi connectivity index (χ2v) is 9.22. The molecule has 4 aromatic rings. The van der Waals surface area contributed by atoms with Gasteiger partial charge in [0.25, 0.3) is 5.91 Å². The molecule has 1 aliphatic heterocycles. The number of halogens is 3.